The molecule has 1 aromatic heterocycles. The number of carbonyl (C=O) groups excluding carboxylic acids is 1. The molecule has 6 nitrogen and oxygen atoms in total. The summed E-state index contributed by atoms with van der Waals surface area (Å²) in [5, 5.41) is 6.92. The number of amides is 1. The summed E-state index contributed by atoms with van der Waals surface area (Å²) in [4.78, 5) is 16.8. The van der Waals surface area contributed by atoms with Crippen LogP contribution < -0.4 is 5.32 Å². The average molecular weight is 342 g/mol. The van der Waals surface area contributed by atoms with Gasteiger partial charge in [-0.05, 0) is 44.0 Å². The molecule has 0 saturated carbocycles. The standard InChI is InChI=1S/C19H26N4O2/c1-14-4-5-17(10-15(14)2)20-19(24)13-23-8-6-22(7-9-23)12-18-11-16(3)21-25-18/h4-5,10-11H,6-9,12-13H2,1-3H3,(H,20,24). The molecule has 2 heterocycles. The lowest BCUT2D eigenvalue weighted by molar-refractivity contribution is -0.117. The molecule has 1 aliphatic heterocycles. The minimum Gasteiger partial charge on any atom is -0.360 e. The third-order valence-electron chi connectivity index (χ3n) is 4.68. The number of hydrogen-bond acceptors (Lipinski definition) is 5. The monoisotopic (exact) mass is 342 g/mol. The number of nitrogens with one attached hydrogen (secondary N) is 1. The van der Waals surface area contributed by atoms with E-state index in [2.05, 4.69) is 34.1 Å². The summed E-state index contributed by atoms with van der Waals surface area (Å²) in [5.41, 5.74) is 4.20. The van der Waals surface area contributed by atoms with Crippen molar-refractivity contribution < 1.29 is 9.32 Å². The van der Waals surface area contributed by atoms with E-state index in [1.54, 1.807) is 0 Å². The molecule has 2 aromatic rings. The topological polar surface area (TPSA) is 61.6 Å². The summed E-state index contributed by atoms with van der Waals surface area (Å²) in [6, 6.07) is 7.99. The molecule has 0 unspecified atom stereocenters. The first kappa shape index (κ1) is 17.6. The van der Waals surface area contributed by atoms with E-state index in [1.165, 1.54) is 11.1 Å². The second kappa shape index (κ2) is 7.80. The van der Waals surface area contributed by atoms with E-state index in [4.69, 9.17) is 4.52 Å². The molecule has 1 amide bonds. The summed E-state index contributed by atoms with van der Waals surface area (Å²) in [6.07, 6.45) is 0. The Hall–Kier alpha value is -2.18. The van der Waals surface area contributed by atoms with Crippen molar-refractivity contribution in [3.05, 3.63) is 46.8 Å². The van der Waals surface area contributed by atoms with Crippen LogP contribution in [0.4, 0.5) is 5.69 Å². The summed E-state index contributed by atoms with van der Waals surface area (Å²) < 4.78 is 5.27. The van der Waals surface area contributed by atoms with Gasteiger partial charge in [-0.3, -0.25) is 14.6 Å². The molecule has 0 aliphatic carbocycles. The molecular weight excluding hydrogens is 316 g/mol. The number of hydrogen-bond donors (Lipinski definition) is 1. The van der Waals surface area contributed by atoms with Crippen molar-refractivity contribution in [1.29, 1.82) is 0 Å². The van der Waals surface area contributed by atoms with Crippen LogP contribution in [0, 0.1) is 20.8 Å². The minimum atomic E-state index is 0.0440. The third kappa shape index (κ3) is 4.90. The van der Waals surface area contributed by atoms with Crippen molar-refractivity contribution in [3.8, 4) is 0 Å². The van der Waals surface area contributed by atoms with Crippen LogP contribution in [0.5, 0.6) is 0 Å². The van der Waals surface area contributed by atoms with Gasteiger partial charge in [0.15, 0.2) is 5.76 Å². The zero-order chi connectivity index (χ0) is 17.8. The van der Waals surface area contributed by atoms with Crippen LogP contribution in [0.2, 0.25) is 0 Å². The molecule has 1 aromatic carbocycles. The first-order chi connectivity index (χ1) is 12.0. The highest BCUT2D eigenvalue weighted by molar-refractivity contribution is 5.92. The average Bonchev–Trinajstić information content (AvgIpc) is 2.98. The Morgan fingerprint density at radius 1 is 1.08 bits per heavy atom. The van der Waals surface area contributed by atoms with Gasteiger partial charge in [0, 0.05) is 37.9 Å². The number of nitrogens with zero attached hydrogens (tertiary/aromatic N) is 3. The maximum absolute atomic E-state index is 12.3. The van der Waals surface area contributed by atoms with Crippen molar-refractivity contribution in [2.75, 3.05) is 38.0 Å². The second-order valence-electron chi connectivity index (χ2n) is 6.83. The van der Waals surface area contributed by atoms with E-state index < -0.39 is 0 Å². The maximum atomic E-state index is 12.3. The molecule has 0 radical (unpaired) electrons. The van der Waals surface area contributed by atoms with Gasteiger partial charge in [0.1, 0.15) is 0 Å². The van der Waals surface area contributed by atoms with E-state index in [0.29, 0.717) is 6.54 Å². The van der Waals surface area contributed by atoms with Crippen LogP contribution in [0.1, 0.15) is 22.6 Å². The Morgan fingerprint density at radius 3 is 2.44 bits per heavy atom. The van der Waals surface area contributed by atoms with Gasteiger partial charge in [0.05, 0.1) is 18.8 Å². The van der Waals surface area contributed by atoms with Crippen LogP contribution in [0.25, 0.3) is 0 Å². The quantitative estimate of drug-likeness (QED) is 0.904. The van der Waals surface area contributed by atoms with Gasteiger partial charge in [-0.15, -0.1) is 0 Å². The molecule has 1 saturated heterocycles. The highest BCUT2D eigenvalue weighted by atomic mass is 16.5. The molecule has 6 heteroatoms. The number of benzene rings is 1. The first-order valence-corrected chi connectivity index (χ1v) is 8.73. The zero-order valence-electron chi connectivity index (χ0n) is 15.2. The zero-order valence-corrected chi connectivity index (χ0v) is 15.2. The van der Waals surface area contributed by atoms with Crippen LogP contribution in [-0.4, -0.2) is 53.6 Å². The molecule has 0 bridgehead atoms. The molecule has 0 atom stereocenters. The van der Waals surface area contributed by atoms with Crippen molar-refractivity contribution >= 4 is 11.6 Å². The molecule has 1 fully saturated rings. The Kier molecular flexibility index (Phi) is 5.50. The van der Waals surface area contributed by atoms with Crippen LogP contribution in [-0.2, 0) is 11.3 Å². The predicted molar refractivity (Wildman–Crippen MR) is 97.5 cm³/mol. The second-order valence-corrected chi connectivity index (χ2v) is 6.83. The van der Waals surface area contributed by atoms with Crippen LogP contribution in [0.3, 0.4) is 0 Å². The Morgan fingerprint density at radius 2 is 1.80 bits per heavy atom. The van der Waals surface area contributed by atoms with Gasteiger partial charge < -0.3 is 9.84 Å². The molecule has 1 aliphatic rings. The maximum Gasteiger partial charge on any atom is 0.238 e. The lowest BCUT2D eigenvalue weighted by atomic mass is 10.1. The van der Waals surface area contributed by atoms with E-state index in [0.717, 1.165) is 49.9 Å². The van der Waals surface area contributed by atoms with Crippen molar-refractivity contribution in [2.45, 2.75) is 27.3 Å². The lowest BCUT2D eigenvalue weighted by Crippen LogP contribution is -2.48. The van der Waals surface area contributed by atoms with Crippen LogP contribution in [0.15, 0.2) is 28.8 Å². The fourth-order valence-electron chi connectivity index (χ4n) is 3.04. The van der Waals surface area contributed by atoms with Gasteiger partial charge in [-0.2, -0.15) is 0 Å². The number of anilines is 1. The van der Waals surface area contributed by atoms with Gasteiger partial charge in [-0.25, -0.2) is 0 Å². The molecule has 3 rings (SSSR count). The minimum absolute atomic E-state index is 0.0440. The Labute approximate surface area is 148 Å². The lowest BCUT2D eigenvalue weighted by Gasteiger charge is -2.33. The first-order valence-electron chi connectivity index (χ1n) is 8.73. The Bertz CT molecular complexity index is 733. The largest absolute Gasteiger partial charge is 0.360 e. The predicted octanol–water partition coefficient (Wildman–Crippen LogP) is 2.36. The van der Waals surface area contributed by atoms with Crippen molar-refractivity contribution in [1.82, 2.24) is 15.0 Å². The number of aromatic nitrogens is 1. The number of aryl methyl sites for hydroxylation is 3. The third-order valence-corrected chi connectivity index (χ3v) is 4.68. The summed E-state index contributed by atoms with van der Waals surface area (Å²) in [6.45, 7) is 10.9. The molecule has 25 heavy (non-hydrogen) atoms. The van der Waals surface area contributed by atoms with Crippen molar-refractivity contribution in [3.63, 3.8) is 0 Å². The number of rotatable bonds is 5. The number of carbonyl (C=O) groups is 1. The summed E-state index contributed by atoms with van der Waals surface area (Å²) in [5.74, 6) is 0.945. The van der Waals surface area contributed by atoms with E-state index in [-0.39, 0.29) is 5.91 Å². The smallest absolute Gasteiger partial charge is 0.238 e. The molecule has 134 valence electrons. The molecule has 0 spiro atoms. The number of piperazine rings is 1. The van der Waals surface area contributed by atoms with Crippen molar-refractivity contribution in [2.24, 2.45) is 0 Å². The van der Waals surface area contributed by atoms with Gasteiger partial charge in [0.25, 0.3) is 0 Å². The highest BCUT2D eigenvalue weighted by Gasteiger charge is 2.20. The van der Waals surface area contributed by atoms with E-state index in [1.807, 2.05) is 31.2 Å². The molecule has 1 N–H and O–H groups in total. The van der Waals surface area contributed by atoms with Gasteiger partial charge in [0.2, 0.25) is 5.91 Å². The summed E-state index contributed by atoms with van der Waals surface area (Å²) in [7, 11) is 0. The van der Waals surface area contributed by atoms with Gasteiger partial charge in [-0.1, -0.05) is 11.2 Å². The highest BCUT2D eigenvalue weighted by Crippen LogP contribution is 2.14. The van der Waals surface area contributed by atoms with Crippen LogP contribution >= 0.6 is 0 Å². The normalized spacial score (nSPS) is 16.1. The fraction of sp³-hybridized carbons (Fsp3) is 0.474. The van der Waals surface area contributed by atoms with E-state index >= 15 is 0 Å². The molecular formula is C19H26N4O2. The fourth-order valence-corrected chi connectivity index (χ4v) is 3.04. The van der Waals surface area contributed by atoms with Gasteiger partial charge >= 0.3 is 0 Å². The SMILES string of the molecule is Cc1cc(CN2CCN(CC(=O)Nc3ccc(C)c(C)c3)CC2)on1. The Balaban J connectivity index is 1.43. The summed E-state index contributed by atoms with van der Waals surface area (Å²) >= 11 is 0. The van der Waals surface area contributed by atoms with E-state index in [9.17, 15) is 4.79 Å².